The first kappa shape index (κ1) is 17.0. The maximum absolute atomic E-state index is 12.0. The van der Waals surface area contributed by atoms with Crippen LogP contribution in [-0.2, 0) is 20.9 Å². The molecule has 0 saturated carbocycles. The van der Waals surface area contributed by atoms with Gasteiger partial charge in [-0.05, 0) is 25.0 Å². The highest BCUT2D eigenvalue weighted by Gasteiger charge is 2.22. The average Bonchev–Trinajstić information content (AvgIpc) is 2.57. The number of hydrogen-bond donors (Lipinski definition) is 0. The van der Waals surface area contributed by atoms with Gasteiger partial charge in [-0.15, -0.1) is 0 Å². The summed E-state index contributed by atoms with van der Waals surface area (Å²) in [6.45, 7) is 8.41. The summed E-state index contributed by atoms with van der Waals surface area (Å²) >= 11 is 0. The van der Waals surface area contributed by atoms with Crippen molar-refractivity contribution >= 4 is 5.97 Å². The van der Waals surface area contributed by atoms with Crippen LogP contribution in [0.2, 0.25) is 0 Å². The number of aryl methyl sites for hydroxylation is 1. The van der Waals surface area contributed by atoms with Crippen molar-refractivity contribution in [2.45, 2.75) is 26.6 Å². The second-order valence-corrected chi connectivity index (χ2v) is 5.33. The van der Waals surface area contributed by atoms with Gasteiger partial charge in [-0.25, -0.2) is 4.79 Å². The van der Waals surface area contributed by atoms with E-state index in [9.17, 15) is 4.79 Å². The lowest BCUT2D eigenvalue weighted by Crippen LogP contribution is -2.16. The second-order valence-electron chi connectivity index (χ2n) is 5.33. The van der Waals surface area contributed by atoms with Crippen LogP contribution in [0, 0.1) is 6.92 Å². The van der Waals surface area contributed by atoms with Crippen molar-refractivity contribution in [2.75, 3.05) is 6.61 Å². The predicted molar refractivity (Wildman–Crippen MR) is 90.9 cm³/mol. The van der Waals surface area contributed by atoms with Gasteiger partial charge in [0.2, 0.25) is 0 Å². The first-order valence-corrected chi connectivity index (χ1v) is 7.69. The summed E-state index contributed by atoms with van der Waals surface area (Å²) in [5.74, 6) is -0.426. The third-order valence-corrected chi connectivity index (χ3v) is 3.49. The van der Waals surface area contributed by atoms with Crippen LogP contribution in [0.15, 0.2) is 66.7 Å². The van der Waals surface area contributed by atoms with Gasteiger partial charge in [-0.2, -0.15) is 0 Å². The van der Waals surface area contributed by atoms with E-state index in [4.69, 9.17) is 9.47 Å². The molecule has 0 aliphatic carbocycles. The van der Waals surface area contributed by atoms with E-state index in [0.29, 0.717) is 18.8 Å². The lowest BCUT2D eigenvalue weighted by Gasteiger charge is -2.20. The SMILES string of the molecule is C=C(C(=O)OCC)C(OCc1ccc(C)cc1)c1ccccc1. The minimum Gasteiger partial charge on any atom is -0.463 e. The molecule has 0 N–H and O–H groups in total. The monoisotopic (exact) mass is 310 g/mol. The number of carbonyl (C=O) groups is 1. The molecular formula is C20H22O3. The number of rotatable bonds is 7. The molecule has 0 amide bonds. The molecule has 2 aromatic carbocycles. The molecule has 0 aromatic heterocycles. The van der Waals surface area contributed by atoms with E-state index < -0.39 is 12.1 Å². The molecule has 2 rings (SSSR count). The number of esters is 1. The van der Waals surface area contributed by atoms with Crippen molar-refractivity contribution in [2.24, 2.45) is 0 Å². The first-order chi connectivity index (χ1) is 11.1. The van der Waals surface area contributed by atoms with Crippen molar-refractivity contribution < 1.29 is 14.3 Å². The zero-order valence-electron chi connectivity index (χ0n) is 13.6. The predicted octanol–water partition coefficient (Wildman–Crippen LogP) is 4.37. The van der Waals surface area contributed by atoms with Gasteiger partial charge in [0, 0.05) is 0 Å². The third-order valence-electron chi connectivity index (χ3n) is 3.49. The maximum atomic E-state index is 12.0. The third kappa shape index (κ3) is 4.80. The molecule has 0 bridgehead atoms. The van der Waals surface area contributed by atoms with Gasteiger partial charge in [-0.3, -0.25) is 0 Å². The van der Waals surface area contributed by atoms with E-state index in [-0.39, 0.29) is 0 Å². The second kappa shape index (κ2) is 8.30. The van der Waals surface area contributed by atoms with Gasteiger partial charge in [0.05, 0.1) is 18.8 Å². The van der Waals surface area contributed by atoms with Crippen molar-refractivity contribution in [1.29, 1.82) is 0 Å². The fourth-order valence-corrected chi connectivity index (χ4v) is 2.22. The highest BCUT2D eigenvalue weighted by molar-refractivity contribution is 5.89. The molecule has 0 radical (unpaired) electrons. The molecule has 0 aliphatic rings. The van der Waals surface area contributed by atoms with E-state index in [1.807, 2.05) is 61.5 Å². The zero-order valence-corrected chi connectivity index (χ0v) is 13.6. The van der Waals surface area contributed by atoms with Crippen molar-refractivity contribution in [3.05, 3.63) is 83.4 Å². The zero-order chi connectivity index (χ0) is 16.7. The van der Waals surface area contributed by atoms with Gasteiger partial charge in [0.25, 0.3) is 0 Å². The summed E-state index contributed by atoms with van der Waals surface area (Å²) in [6, 6.07) is 17.7. The van der Waals surface area contributed by atoms with Crippen molar-refractivity contribution in [3.63, 3.8) is 0 Å². The lowest BCUT2D eigenvalue weighted by atomic mass is 10.0. The highest BCUT2D eigenvalue weighted by Crippen LogP contribution is 2.27. The quantitative estimate of drug-likeness (QED) is 0.562. The van der Waals surface area contributed by atoms with E-state index in [1.165, 1.54) is 5.56 Å². The minimum absolute atomic E-state index is 0.310. The number of carbonyl (C=O) groups excluding carboxylic acids is 1. The van der Waals surface area contributed by atoms with E-state index in [2.05, 4.69) is 6.58 Å². The van der Waals surface area contributed by atoms with E-state index in [1.54, 1.807) is 6.92 Å². The van der Waals surface area contributed by atoms with Crippen molar-refractivity contribution in [1.82, 2.24) is 0 Å². The van der Waals surface area contributed by atoms with E-state index >= 15 is 0 Å². The van der Waals surface area contributed by atoms with Gasteiger partial charge < -0.3 is 9.47 Å². The summed E-state index contributed by atoms with van der Waals surface area (Å²) in [5, 5.41) is 0. The Kier molecular flexibility index (Phi) is 6.12. The minimum atomic E-state index is -0.517. The van der Waals surface area contributed by atoms with E-state index in [0.717, 1.165) is 11.1 Å². The average molecular weight is 310 g/mol. The molecule has 0 spiro atoms. The molecule has 0 saturated heterocycles. The Hall–Kier alpha value is -2.39. The van der Waals surface area contributed by atoms with Crippen LogP contribution in [0.3, 0.4) is 0 Å². The normalized spacial score (nSPS) is 11.7. The summed E-state index contributed by atoms with van der Waals surface area (Å²) in [7, 11) is 0. The molecule has 3 nitrogen and oxygen atoms in total. The molecule has 1 unspecified atom stereocenters. The van der Waals surface area contributed by atoms with Crippen LogP contribution in [-0.4, -0.2) is 12.6 Å². The van der Waals surface area contributed by atoms with Crippen LogP contribution in [0.5, 0.6) is 0 Å². The van der Waals surface area contributed by atoms with Gasteiger partial charge in [-0.1, -0.05) is 66.7 Å². The molecule has 0 aliphatic heterocycles. The van der Waals surface area contributed by atoms with Crippen molar-refractivity contribution in [3.8, 4) is 0 Å². The van der Waals surface area contributed by atoms with Crippen LogP contribution < -0.4 is 0 Å². The molecule has 2 aromatic rings. The van der Waals surface area contributed by atoms with Gasteiger partial charge in [0.15, 0.2) is 0 Å². The topological polar surface area (TPSA) is 35.5 Å². The Morgan fingerprint density at radius 1 is 1.09 bits per heavy atom. The standard InChI is InChI=1S/C20H22O3/c1-4-22-20(21)16(3)19(18-8-6-5-7-9-18)23-14-17-12-10-15(2)11-13-17/h5-13,19H,3-4,14H2,1-2H3. The Balaban J connectivity index is 2.15. The van der Waals surface area contributed by atoms with Crippen LogP contribution >= 0.6 is 0 Å². The number of benzene rings is 2. The summed E-state index contributed by atoms with van der Waals surface area (Å²) in [5.41, 5.74) is 3.44. The molecule has 3 heteroatoms. The Morgan fingerprint density at radius 2 is 1.74 bits per heavy atom. The summed E-state index contributed by atoms with van der Waals surface area (Å²) in [6.07, 6.45) is -0.517. The molecule has 23 heavy (non-hydrogen) atoms. The number of hydrogen-bond acceptors (Lipinski definition) is 3. The largest absolute Gasteiger partial charge is 0.463 e. The maximum Gasteiger partial charge on any atom is 0.336 e. The molecule has 120 valence electrons. The smallest absolute Gasteiger partial charge is 0.336 e. The fraction of sp³-hybridized carbons (Fsp3) is 0.250. The fourth-order valence-electron chi connectivity index (χ4n) is 2.22. The highest BCUT2D eigenvalue weighted by atomic mass is 16.5. The van der Waals surface area contributed by atoms with Crippen LogP contribution in [0.25, 0.3) is 0 Å². The Labute approximate surface area is 137 Å². The Morgan fingerprint density at radius 3 is 2.35 bits per heavy atom. The molecule has 0 fully saturated rings. The first-order valence-electron chi connectivity index (χ1n) is 7.69. The molecular weight excluding hydrogens is 288 g/mol. The summed E-state index contributed by atoms with van der Waals surface area (Å²) < 4.78 is 11.0. The van der Waals surface area contributed by atoms with Crippen LogP contribution in [0.1, 0.15) is 29.7 Å². The van der Waals surface area contributed by atoms with Gasteiger partial charge in [0.1, 0.15) is 6.10 Å². The van der Waals surface area contributed by atoms with Gasteiger partial charge >= 0.3 is 5.97 Å². The number of ether oxygens (including phenoxy) is 2. The summed E-state index contributed by atoms with van der Waals surface area (Å²) in [4.78, 5) is 12.0. The lowest BCUT2D eigenvalue weighted by molar-refractivity contribution is -0.140. The Bertz CT molecular complexity index is 644. The molecule has 0 heterocycles. The molecule has 1 atom stereocenters. The van der Waals surface area contributed by atoms with Crippen LogP contribution in [0.4, 0.5) is 0 Å².